The third-order valence-corrected chi connectivity index (χ3v) is 6.12. The van der Waals surface area contributed by atoms with Crippen molar-refractivity contribution in [3.63, 3.8) is 0 Å². The summed E-state index contributed by atoms with van der Waals surface area (Å²) in [5.41, 5.74) is 2.21. The molecule has 6 nitrogen and oxygen atoms in total. The molecule has 3 rings (SSSR count). The van der Waals surface area contributed by atoms with Crippen LogP contribution in [0.2, 0.25) is 0 Å². The van der Waals surface area contributed by atoms with Gasteiger partial charge in [-0.1, -0.05) is 6.07 Å². The molecule has 8 heteroatoms. The fourth-order valence-corrected chi connectivity index (χ4v) is 4.53. The minimum atomic E-state index is -3.35. The summed E-state index contributed by atoms with van der Waals surface area (Å²) in [5.74, 6) is -0.878. The summed E-state index contributed by atoms with van der Waals surface area (Å²) in [7, 11) is -3.35. The lowest BCUT2D eigenvalue weighted by molar-refractivity contribution is 0.0474. The van der Waals surface area contributed by atoms with Crippen LogP contribution in [0.5, 0.6) is 0 Å². The van der Waals surface area contributed by atoms with Crippen LogP contribution < -0.4 is 4.31 Å². The van der Waals surface area contributed by atoms with Crippen LogP contribution in [-0.2, 0) is 21.2 Å². The number of halogens is 1. The number of Topliss-reactive ketones (excluding diaryl/α,β-unsaturated/α-hetero) is 1. The molecule has 0 bridgehead atoms. The zero-order valence-corrected chi connectivity index (χ0v) is 17.6. The van der Waals surface area contributed by atoms with Crippen molar-refractivity contribution in [3.8, 4) is 0 Å². The van der Waals surface area contributed by atoms with Gasteiger partial charge >= 0.3 is 5.97 Å². The molecule has 1 aliphatic heterocycles. The molecule has 0 unspecified atom stereocenters. The van der Waals surface area contributed by atoms with Gasteiger partial charge in [0.05, 0.1) is 17.5 Å². The molecule has 0 aliphatic carbocycles. The normalized spacial score (nSPS) is 13.8. The van der Waals surface area contributed by atoms with Gasteiger partial charge in [-0.2, -0.15) is 0 Å². The fraction of sp³-hybridized carbons (Fsp3) is 0.263. The minimum Gasteiger partial charge on any atom is -0.454 e. The first-order valence-corrected chi connectivity index (χ1v) is 11.2. The van der Waals surface area contributed by atoms with Gasteiger partial charge in [0.25, 0.3) is 0 Å². The molecule has 0 radical (unpaired) electrons. The Balaban J connectivity index is 1.72. The largest absolute Gasteiger partial charge is 0.454 e. The van der Waals surface area contributed by atoms with E-state index in [9.17, 15) is 18.0 Å². The maximum atomic E-state index is 12.4. The molecule has 0 atom stereocenters. The predicted molar refractivity (Wildman–Crippen MR) is 111 cm³/mol. The van der Waals surface area contributed by atoms with Crippen molar-refractivity contribution >= 4 is 50.1 Å². The average molecular weight is 499 g/mol. The molecule has 1 aliphatic rings. The van der Waals surface area contributed by atoms with E-state index in [0.29, 0.717) is 36.2 Å². The van der Waals surface area contributed by atoms with Crippen molar-refractivity contribution in [2.45, 2.75) is 12.8 Å². The molecular formula is C19H18INO5S. The lowest BCUT2D eigenvalue weighted by Crippen LogP contribution is -2.34. The van der Waals surface area contributed by atoms with Crippen LogP contribution in [0.1, 0.15) is 32.7 Å². The Labute approximate surface area is 171 Å². The number of anilines is 1. The second-order valence-corrected chi connectivity index (χ2v) is 9.44. The van der Waals surface area contributed by atoms with E-state index in [2.05, 4.69) is 22.6 Å². The SMILES string of the molecule is CS(=O)(=O)N1CCCc2cc(C(=O)COC(=O)c3cccc(I)c3)ccc21. The van der Waals surface area contributed by atoms with Crippen molar-refractivity contribution in [2.75, 3.05) is 23.7 Å². The molecular weight excluding hydrogens is 481 g/mol. The molecule has 27 heavy (non-hydrogen) atoms. The number of esters is 1. The van der Waals surface area contributed by atoms with E-state index in [4.69, 9.17) is 4.74 Å². The smallest absolute Gasteiger partial charge is 0.338 e. The Bertz CT molecular complexity index is 1000. The second-order valence-electron chi connectivity index (χ2n) is 6.29. The molecule has 0 saturated heterocycles. The molecule has 0 N–H and O–H groups in total. The van der Waals surface area contributed by atoms with Crippen molar-refractivity contribution in [3.05, 3.63) is 62.7 Å². The topological polar surface area (TPSA) is 80.8 Å². The van der Waals surface area contributed by atoms with E-state index < -0.39 is 16.0 Å². The minimum absolute atomic E-state index is 0.326. The number of fused-ring (bicyclic) bond motifs is 1. The van der Waals surface area contributed by atoms with E-state index >= 15 is 0 Å². The maximum absolute atomic E-state index is 12.4. The van der Waals surface area contributed by atoms with Gasteiger partial charge in [-0.15, -0.1) is 0 Å². The van der Waals surface area contributed by atoms with Crippen LogP contribution in [0.15, 0.2) is 42.5 Å². The summed E-state index contributed by atoms with van der Waals surface area (Å²) >= 11 is 2.10. The van der Waals surface area contributed by atoms with Gasteiger partial charge < -0.3 is 4.74 Å². The fourth-order valence-electron chi connectivity index (χ4n) is 2.99. The van der Waals surface area contributed by atoms with Crippen LogP contribution in [0.3, 0.4) is 0 Å². The zero-order valence-electron chi connectivity index (χ0n) is 14.6. The lowest BCUT2D eigenvalue weighted by atomic mass is 9.99. The number of ketones is 1. The molecule has 0 amide bonds. The van der Waals surface area contributed by atoms with Gasteiger partial charge in [0.2, 0.25) is 10.0 Å². The monoisotopic (exact) mass is 499 g/mol. The van der Waals surface area contributed by atoms with E-state index in [0.717, 1.165) is 9.13 Å². The van der Waals surface area contributed by atoms with E-state index in [-0.39, 0.29) is 12.4 Å². The number of benzene rings is 2. The van der Waals surface area contributed by atoms with Gasteiger partial charge in [0.15, 0.2) is 12.4 Å². The summed E-state index contributed by atoms with van der Waals surface area (Å²) in [6, 6.07) is 11.8. The second kappa shape index (κ2) is 7.97. The van der Waals surface area contributed by atoms with Crippen LogP contribution in [0.4, 0.5) is 5.69 Å². The number of hydrogen-bond donors (Lipinski definition) is 0. The highest BCUT2D eigenvalue weighted by Gasteiger charge is 2.24. The molecule has 0 saturated carbocycles. The number of carbonyl (C=O) groups excluding carboxylic acids is 2. The van der Waals surface area contributed by atoms with Crippen LogP contribution in [0.25, 0.3) is 0 Å². The summed E-state index contributed by atoms with van der Waals surface area (Å²) < 4.78 is 31.2. The predicted octanol–water partition coefficient (Wildman–Crippen LogP) is 3.04. The van der Waals surface area contributed by atoms with Crippen LogP contribution >= 0.6 is 22.6 Å². The number of hydrogen-bond acceptors (Lipinski definition) is 5. The molecule has 142 valence electrons. The van der Waals surface area contributed by atoms with Crippen molar-refractivity contribution in [1.82, 2.24) is 0 Å². The quantitative estimate of drug-likeness (QED) is 0.359. The molecule has 2 aromatic carbocycles. The first kappa shape index (κ1) is 19.8. The summed E-state index contributed by atoms with van der Waals surface area (Å²) in [4.78, 5) is 24.5. The average Bonchev–Trinajstić information content (AvgIpc) is 2.64. The van der Waals surface area contributed by atoms with Gasteiger partial charge in [0, 0.05) is 15.7 Å². The number of rotatable bonds is 5. The number of carbonyl (C=O) groups is 2. The van der Waals surface area contributed by atoms with Gasteiger partial charge in [-0.3, -0.25) is 9.10 Å². The Morgan fingerprint density at radius 3 is 2.63 bits per heavy atom. The summed E-state index contributed by atoms with van der Waals surface area (Å²) in [5, 5.41) is 0. The Kier molecular flexibility index (Phi) is 5.85. The number of nitrogens with zero attached hydrogens (tertiary/aromatic N) is 1. The van der Waals surface area contributed by atoms with Gasteiger partial charge in [-0.25, -0.2) is 13.2 Å². The number of aryl methyl sites for hydroxylation is 1. The Morgan fingerprint density at radius 2 is 1.93 bits per heavy atom. The van der Waals surface area contributed by atoms with E-state index in [1.54, 1.807) is 36.4 Å². The van der Waals surface area contributed by atoms with Gasteiger partial charge in [0.1, 0.15) is 0 Å². The third kappa shape index (κ3) is 4.67. The number of ether oxygens (including phenoxy) is 1. The highest BCUT2D eigenvalue weighted by molar-refractivity contribution is 14.1. The third-order valence-electron chi connectivity index (χ3n) is 4.27. The molecule has 0 fully saturated rings. The van der Waals surface area contributed by atoms with Gasteiger partial charge in [-0.05, 0) is 77.4 Å². The standard InChI is InChI=1S/C19H18INO5S/c1-27(24,25)21-9-3-5-13-10-14(7-8-17(13)21)18(22)12-26-19(23)15-4-2-6-16(20)11-15/h2,4,6-8,10-11H,3,5,9,12H2,1H3. The maximum Gasteiger partial charge on any atom is 0.338 e. The molecule has 1 heterocycles. The molecule has 0 aromatic heterocycles. The van der Waals surface area contributed by atoms with Crippen LogP contribution in [0, 0.1) is 3.57 Å². The lowest BCUT2D eigenvalue weighted by Gasteiger charge is -2.29. The van der Waals surface area contributed by atoms with Crippen molar-refractivity contribution in [1.29, 1.82) is 0 Å². The van der Waals surface area contributed by atoms with E-state index in [1.807, 2.05) is 6.07 Å². The van der Waals surface area contributed by atoms with Crippen molar-refractivity contribution < 1.29 is 22.7 Å². The Morgan fingerprint density at radius 1 is 1.15 bits per heavy atom. The number of sulfonamides is 1. The van der Waals surface area contributed by atoms with Crippen LogP contribution in [-0.4, -0.2) is 39.6 Å². The first-order chi connectivity index (χ1) is 12.8. The summed E-state index contributed by atoms with van der Waals surface area (Å²) in [6.07, 6.45) is 2.56. The Hall–Kier alpha value is -1.94. The zero-order chi connectivity index (χ0) is 19.6. The van der Waals surface area contributed by atoms with E-state index in [1.165, 1.54) is 10.6 Å². The summed E-state index contributed by atoms with van der Waals surface area (Å²) in [6.45, 7) is 0.0749. The van der Waals surface area contributed by atoms with Crippen molar-refractivity contribution in [2.24, 2.45) is 0 Å². The highest BCUT2D eigenvalue weighted by Crippen LogP contribution is 2.30. The molecule has 2 aromatic rings. The first-order valence-electron chi connectivity index (χ1n) is 8.32. The highest BCUT2D eigenvalue weighted by atomic mass is 127. The molecule has 0 spiro atoms.